The highest BCUT2D eigenvalue weighted by Crippen LogP contribution is 2.42. The quantitative estimate of drug-likeness (QED) is 0.0593. The molecule has 6 fully saturated rings. The number of carbonyl (C=O) groups excluding carboxylic acids is 6. The van der Waals surface area contributed by atoms with Gasteiger partial charge in [0.25, 0.3) is 0 Å². The second-order valence-electron chi connectivity index (χ2n) is 38.8. The molecule has 6 atom stereocenters. The molecule has 0 radical (unpaired) electrons. The fourth-order valence-corrected chi connectivity index (χ4v) is 18.2. The van der Waals surface area contributed by atoms with E-state index in [1.165, 1.54) is 0 Å². The molecule has 0 spiro atoms. The molecule has 0 bridgehead atoms. The summed E-state index contributed by atoms with van der Waals surface area (Å²) in [5, 5.41) is 0. The number of hydrogen-bond acceptors (Lipinski definition) is 12. The molecule has 0 aliphatic carbocycles. The lowest BCUT2D eigenvalue weighted by Gasteiger charge is -2.47. The van der Waals surface area contributed by atoms with Crippen molar-refractivity contribution in [2.45, 2.75) is 233 Å². The number of likely N-dealkylation sites (tertiary alicyclic amines) is 3. The highest BCUT2D eigenvalue weighted by atomic mass is 19.4. The first kappa shape index (κ1) is 99.0. The second kappa shape index (κ2) is 42.8. The van der Waals surface area contributed by atoms with Crippen molar-refractivity contribution in [2.24, 2.45) is 35.5 Å². The van der Waals surface area contributed by atoms with E-state index >= 15 is 0 Å². The Balaban J connectivity index is 0.000000197. The van der Waals surface area contributed by atoms with Gasteiger partial charge >= 0.3 is 36.8 Å². The molecule has 6 aromatic rings. The Morgan fingerprint density at radius 2 is 0.492 bits per heavy atom. The van der Waals surface area contributed by atoms with Crippen LogP contribution in [0.5, 0.6) is 0 Å². The topological polar surface area (TPSA) is 159 Å². The van der Waals surface area contributed by atoms with Crippen LogP contribution < -0.4 is 0 Å². The smallest absolute Gasteiger partial charge is 0.416 e. The number of ether oxygens (including phenoxy) is 3. The Morgan fingerprint density at radius 1 is 0.294 bits per heavy atom. The van der Waals surface area contributed by atoms with Gasteiger partial charge in [0.2, 0.25) is 17.7 Å². The maximum Gasteiger partial charge on any atom is 0.416 e. The summed E-state index contributed by atoms with van der Waals surface area (Å²) in [5.41, 5.74) is 1.83. The van der Waals surface area contributed by atoms with Crippen LogP contribution in [-0.2, 0) is 47.1 Å². The van der Waals surface area contributed by atoms with Crippen molar-refractivity contribution in [3.05, 3.63) is 214 Å². The van der Waals surface area contributed by atoms with Crippen LogP contribution in [-0.4, -0.2) is 213 Å². The van der Waals surface area contributed by atoms with Gasteiger partial charge in [-0.25, -0.2) is 14.4 Å². The van der Waals surface area contributed by atoms with E-state index in [4.69, 9.17) is 14.2 Å². The number of alkyl halides is 9. The van der Waals surface area contributed by atoms with E-state index in [0.717, 1.165) is 108 Å². The SMILES string of the molecule is CC(C)[C@H]1CN(C(c2ccccc2)c2ccc(C(F)(F)F)cc2)CCN1C(=O)CC1CCN(C(=O)OC(C)(C)C)CC1.CC(C)[C@H]1CN(C(c2ccccc2)c2ccc(C(F)(F)F)cc2)CCN1C(=O)CC1CCN(C(=O)OC(C)(C)C)CC1.CC(C)[C@H]1CN(C(c2ccccc2)c2ccc(C(F)(F)F)cc2)CCN1C(=O)CC1CCN(C(=O)OC(C)(C)C)CC1. The number of piperazine rings is 3. The van der Waals surface area contributed by atoms with Gasteiger partial charge in [-0.3, -0.25) is 29.1 Å². The third-order valence-electron chi connectivity index (χ3n) is 24.9. The van der Waals surface area contributed by atoms with Crippen molar-refractivity contribution in [1.82, 2.24) is 44.1 Å². The van der Waals surface area contributed by atoms with Crippen molar-refractivity contribution >= 4 is 36.0 Å². The average Bonchev–Trinajstić information content (AvgIpc) is 0.790. The minimum atomic E-state index is -4.39. The molecule has 126 heavy (non-hydrogen) atoms. The Bertz CT molecular complexity index is 4010. The van der Waals surface area contributed by atoms with Gasteiger partial charge in [-0.2, -0.15) is 39.5 Å². The van der Waals surface area contributed by atoms with Crippen LogP contribution >= 0.6 is 0 Å². The van der Waals surface area contributed by atoms with E-state index < -0.39 is 52.0 Å². The number of benzene rings is 6. The summed E-state index contributed by atoms with van der Waals surface area (Å²) >= 11 is 0. The van der Waals surface area contributed by atoms with E-state index in [9.17, 15) is 68.3 Å². The molecule has 0 saturated carbocycles. The summed E-state index contributed by atoms with van der Waals surface area (Å²) in [4.78, 5) is 96.3. The monoisotopic (exact) mass is 1760 g/mol. The molecular formula is C99H132F9N9O9. The maximum absolute atomic E-state index is 13.6. The molecule has 18 nitrogen and oxygen atoms in total. The summed E-state index contributed by atoms with van der Waals surface area (Å²) in [7, 11) is 0. The van der Waals surface area contributed by atoms with Crippen molar-refractivity contribution in [1.29, 1.82) is 0 Å². The third kappa shape index (κ3) is 27.9. The molecule has 690 valence electrons. The number of hydrogen-bond donors (Lipinski definition) is 0. The molecule has 12 rings (SSSR count). The van der Waals surface area contributed by atoms with Gasteiger partial charge < -0.3 is 43.6 Å². The van der Waals surface area contributed by atoms with Crippen LogP contribution in [0, 0.1) is 35.5 Å². The fourth-order valence-electron chi connectivity index (χ4n) is 18.2. The lowest BCUT2D eigenvalue weighted by molar-refractivity contribution is -0.140. The standard InChI is InChI=1S/3C33H44F3N3O3/c3*1-23(2)28-22-38(30(25-9-7-6-8-10-25)26-11-13-27(14-12-26)33(34,35)36)19-20-39(28)29(40)21-24-15-17-37(18-16-24)31(41)42-32(3,4)5/h3*6-14,23-24,28,30H,15-22H2,1-5H3/t3*28-,30?/m111/s1. The Hall–Kier alpha value is -9.21. The highest BCUT2D eigenvalue weighted by Gasteiger charge is 2.44. The van der Waals surface area contributed by atoms with Crippen LogP contribution in [0.15, 0.2) is 164 Å². The molecule has 6 aliphatic heterocycles. The minimum Gasteiger partial charge on any atom is -0.444 e. The molecule has 6 heterocycles. The molecule has 6 aromatic carbocycles. The number of rotatable bonds is 18. The fraction of sp³-hybridized carbons (Fsp3) is 0.576. The lowest BCUT2D eigenvalue weighted by Crippen LogP contribution is -2.58. The van der Waals surface area contributed by atoms with E-state index in [1.54, 1.807) is 51.1 Å². The lowest BCUT2D eigenvalue weighted by atomic mass is 9.90. The maximum atomic E-state index is 13.6. The predicted molar refractivity (Wildman–Crippen MR) is 470 cm³/mol. The van der Waals surface area contributed by atoms with Gasteiger partial charge in [-0.15, -0.1) is 0 Å². The number of amides is 6. The second-order valence-corrected chi connectivity index (χ2v) is 38.8. The normalized spacial score (nSPS) is 20.1. The Morgan fingerprint density at radius 3 is 0.675 bits per heavy atom. The Labute approximate surface area is 739 Å². The molecule has 3 unspecified atom stereocenters. The molecule has 27 heteroatoms. The number of piperidine rings is 3. The average molecular weight is 1760 g/mol. The van der Waals surface area contributed by atoms with Crippen molar-refractivity contribution < 1.29 is 82.5 Å². The Kier molecular flexibility index (Phi) is 33.6. The van der Waals surface area contributed by atoms with Crippen LogP contribution in [0.3, 0.4) is 0 Å². The predicted octanol–water partition coefficient (Wildman–Crippen LogP) is 21.0. The zero-order valence-corrected chi connectivity index (χ0v) is 76.1. The molecule has 6 aliphatic rings. The highest BCUT2D eigenvalue weighted by molar-refractivity contribution is 5.79. The first-order valence-corrected chi connectivity index (χ1v) is 44.9. The number of nitrogens with zero attached hydrogens (tertiary/aromatic N) is 9. The van der Waals surface area contributed by atoms with Gasteiger partial charge in [0.1, 0.15) is 16.8 Å². The first-order chi connectivity index (χ1) is 59.2. The van der Waals surface area contributed by atoms with E-state index in [1.807, 2.05) is 168 Å². The van der Waals surface area contributed by atoms with Gasteiger partial charge in [0.15, 0.2) is 0 Å². The summed E-state index contributed by atoms with van der Waals surface area (Å²) in [5.74, 6) is 1.66. The van der Waals surface area contributed by atoms with Crippen molar-refractivity contribution in [2.75, 3.05) is 98.2 Å². The van der Waals surface area contributed by atoms with Crippen LogP contribution in [0.25, 0.3) is 0 Å². The molecule has 6 amide bonds. The van der Waals surface area contributed by atoms with Gasteiger partial charge in [-0.05, 0) is 206 Å². The zero-order valence-electron chi connectivity index (χ0n) is 76.1. The van der Waals surface area contributed by atoms with Crippen LogP contribution in [0.1, 0.15) is 230 Å². The minimum absolute atomic E-state index is 0.0197. The zero-order chi connectivity index (χ0) is 92.0. The van der Waals surface area contributed by atoms with Crippen LogP contribution in [0.2, 0.25) is 0 Å². The summed E-state index contributed by atoms with van der Waals surface area (Å²) in [6, 6.07) is 45.2. The van der Waals surface area contributed by atoms with Gasteiger partial charge in [0.05, 0.1) is 34.8 Å². The van der Waals surface area contributed by atoms with Gasteiger partial charge in [0, 0.05) is 136 Å². The molecular weight excluding hydrogens is 1630 g/mol. The van der Waals surface area contributed by atoms with E-state index in [-0.39, 0.29) is 108 Å². The van der Waals surface area contributed by atoms with Gasteiger partial charge in [-0.1, -0.05) is 169 Å². The summed E-state index contributed by atoms with van der Waals surface area (Å²) in [6.07, 6.45) is -8.12. The molecule has 6 saturated heterocycles. The molecule has 0 aromatic heterocycles. The number of halogens is 9. The summed E-state index contributed by atoms with van der Waals surface area (Å²) < 4.78 is 136. The largest absolute Gasteiger partial charge is 0.444 e. The first-order valence-electron chi connectivity index (χ1n) is 44.9. The van der Waals surface area contributed by atoms with Crippen molar-refractivity contribution in [3.63, 3.8) is 0 Å². The summed E-state index contributed by atoms with van der Waals surface area (Å²) in [6.45, 7) is 38.3. The number of carbonyl (C=O) groups is 6. The third-order valence-corrected chi connectivity index (χ3v) is 24.9. The van der Waals surface area contributed by atoms with E-state index in [2.05, 4.69) is 56.2 Å². The van der Waals surface area contributed by atoms with Crippen LogP contribution in [0.4, 0.5) is 53.9 Å². The van der Waals surface area contributed by atoms with Crippen molar-refractivity contribution in [3.8, 4) is 0 Å². The molecule has 0 N–H and O–H groups in total. The van der Waals surface area contributed by atoms with E-state index in [0.29, 0.717) is 117 Å².